The number of aliphatic hydroxyl groups is 1. The Balaban J connectivity index is 1.54. The molecule has 0 radical (unpaired) electrons. The third-order valence-corrected chi connectivity index (χ3v) is 4.85. The number of amides is 2. The highest BCUT2D eigenvalue weighted by Gasteiger charge is 2.42. The van der Waals surface area contributed by atoms with E-state index in [1.165, 1.54) is 0 Å². The molecular weight excluding hydrogens is 314 g/mol. The van der Waals surface area contributed by atoms with E-state index in [1.54, 1.807) is 0 Å². The first-order chi connectivity index (χ1) is 11.0. The van der Waals surface area contributed by atoms with Crippen LogP contribution in [-0.4, -0.2) is 34.8 Å². The molecule has 2 aromatic rings. The van der Waals surface area contributed by atoms with Crippen molar-refractivity contribution < 1.29 is 9.90 Å². The van der Waals surface area contributed by atoms with Gasteiger partial charge in [0, 0.05) is 28.7 Å². The van der Waals surface area contributed by atoms with E-state index in [9.17, 15) is 9.90 Å². The molecule has 0 bridgehead atoms. The number of fused-ring (bicyclic) bond motifs is 1. The van der Waals surface area contributed by atoms with Crippen LogP contribution in [0.25, 0.3) is 10.9 Å². The van der Waals surface area contributed by atoms with E-state index in [0.29, 0.717) is 23.9 Å². The smallest absolute Gasteiger partial charge is 0.315 e. The van der Waals surface area contributed by atoms with E-state index in [2.05, 4.69) is 15.6 Å². The number of H-pyrrole nitrogens is 1. The van der Waals surface area contributed by atoms with E-state index in [4.69, 9.17) is 11.6 Å². The minimum Gasteiger partial charge on any atom is -0.394 e. The van der Waals surface area contributed by atoms with E-state index in [0.717, 1.165) is 29.3 Å². The lowest BCUT2D eigenvalue weighted by molar-refractivity contribution is 0.155. The molecule has 0 saturated heterocycles. The quantitative estimate of drug-likeness (QED) is 0.655. The summed E-state index contributed by atoms with van der Waals surface area (Å²) in [5.41, 5.74) is 1.64. The molecule has 124 valence electrons. The molecule has 1 aliphatic rings. The van der Waals surface area contributed by atoms with E-state index in [1.807, 2.05) is 31.3 Å². The van der Waals surface area contributed by atoms with Gasteiger partial charge in [-0.15, -0.1) is 0 Å². The SMILES string of the molecule is CC(CO)(NC(=O)NCCc1c[nH]c2ccc(Cl)cc12)C1CC1. The summed E-state index contributed by atoms with van der Waals surface area (Å²) in [5.74, 6) is 0.383. The number of halogens is 1. The number of hydrogen-bond acceptors (Lipinski definition) is 2. The van der Waals surface area contributed by atoms with Crippen LogP contribution in [0.2, 0.25) is 5.02 Å². The second-order valence-corrected chi connectivity index (χ2v) is 6.92. The number of aliphatic hydroxyl groups excluding tert-OH is 1. The van der Waals surface area contributed by atoms with Gasteiger partial charge in [0.05, 0.1) is 12.1 Å². The first kappa shape index (κ1) is 16.1. The van der Waals surface area contributed by atoms with Gasteiger partial charge in [0.2, 0.25) is 0 Å². The molecule has 1 atom stereocenters. The van der Waals surface area contributed by atoms with Crippen LogP contribution in [0.15, 0.2) is 24.4 Å². The van der Waals surface area contributed by atoms with Gasteiger partial charge in [-0.25, -0.2) is 4.79 Å². The Labute approximate surface area is 140 Å². The van der Waals surface area contributed by atoms with Gasteiger partial charge in [0.25, 0.3) is 0 Å². The van der Waals surface area contributed by atoms with Crippen LogP contribution < -0.4 is 10.6 Å². The Morgan fingerprint density at radius 2 is 2.26 bits per heavy atom. The Bertz CT molecular complexity index is 711. The van der Waals surface area contributed by atoms with Crippen molar-refractivity contribution in [3.63, 3.8) is 0 Å². The summed E-state index contributed by atoms with van der Waals surface area (Å²) in [6, 6.07) is 5.50. The van der Waals surface area contributed by atoms with Crippen LogP contribution in [-0.2, 0) is 6.42 Å². The number of aromatic amines is 1. The topological polar surface area (TPSA) is 77.2 Å². The van der Waals surface area contributed by atoms with Crippen LogP contribution in [0, 0.1) is 5.92 Å². The highest BCUT2D eigenvalue weighted by atomic mass is 35.5. The standard InChI is InChI=1S/C17H22ClN3O2/c1-17(10-22,12-2-3-12)21-16(23)19-7-6-11-9-20-15-5-4-13(18)8-14(11)15/h4-5,8-9,12,20,22H,2-3,6-7,10H2,1H3,(H2,19,21,23). The van der Waals surface area contributed by atoms with Crippen LogP contribution in [0.3, 0.4) is 0 Å². The molecule has 1 aromatic carbocycles. The molecule has 0 spiro atoms. The second kappa shape index (κ2) is 6.42. The fourth-order valence-corrected chi connectivity index (χ4v) is 3.13. The average Bonchev–Trinajstić information content (AvgIpc) is 3.31. The molecule has 1 saturated carbocycles. The number of aromatic nitrogens is 1. The minimum absolute atomic E-state index is 0.0357. The summed E-state index contributed by atoms with van der Waals surface area (Å²) >= 11 is 6.04. The lowest BCUT2D eigenvalue weighted by Gasteiger charge is -2.28. The molecule has 23 heavy (non-hydrogen) atoms. The van der Waals surface area contributed by atoms with E-state index < -0.39 is 5.54 Å². The first-order valence-electron chi connectivity index (χ1n) is 7.94. The van der Waals surface area contributed by atoms with Crippen LogP contribution in [0.5, 0.6) is 0 Å². The summed E-state index contributed by atoms with van der Waals surface area (Å²) in [4.78, 5) is 15.2. The molecule has 1 aromatic heterocycles. The summed E-state index contributed by atoms with van der Waals surface area (Å²) in [6.07, 6.45) is 4.79. The zero-order chi connectivity index (χ0) is 16.4. The summed E-state index contributed by atoms with van der Waals surface area (Å²) in [5, 5.41) is 17.1. The third kappa shape index (κ3) is 3.62. The maximum atomic E-state index is 12.0. The zero-order valence-electron chi connectivity index (χ0n) is 13.2. The highest BCUT2D eigenvalue weighted by molar-refractivity contribution is 6.31. The molecule has 1 unspecified atom stereocenters. The summed E-state index contributed by atoms with van der Waals surface area (Å²) in [6.45, 7) is 2.38. The van der Waals surface area contributed by atoms with Gasteiger partial charge in [-0.05, 0) is 55.9 Å². The number of urea groups is 1. The van der Waals surface area contributed by atoms with Gasteiger partial charge >= 0.3 is 6.03 Å². The van der Waals surface area contributed by atoms with Crippen molar-refractivity contribution in [2.45, 2.75) is 31.7 Å². The number of rotatable bonds is 6. The number of benzene rings is 1. The molecule has 2 amide bonds. The molecule has 1 heterocycles. The Morgan fingerprint density at radius 1 is 1.48 bits per heavy atom. The number of carbonyl (C=O) groups excluding carboxylic acids is 1. The van der Waals surface area contributed by atoms with Gasteiger partial charge in [-0.2, -0.15) is 0 Å². The molecule has 5 nitrogen and oxygen atoms in total. The predicted octanol–water partition coefficient (Wildman–Crippen LogP) is 2.82. The summed E-state index contributed by atoms with van der Waals surface area (Å²) < 4.78 is 0. The molecular formula is C17H22ClN3O2. The van der Waals surface area contributed by atoms with Crippen molar-refractivity contribution in [2.24, 2.45) is 5.92 Å². The third-order valence-electron chi connectivity index (χ3n) is 4.62. The fourth-order valence-electron chi connectivity index (χ4n) is 2.96. The van der Waals surface area contributed by atoms with Gasteiger partial charge < -0.3 is 20.7 Å². The molecule has 4 N–H and O–H groups in total. The van der Waals surface area contributed by atoms with E-state index >= 15 is 0 Å². The molecule has 0 aliphatic heterocycles. The molecule has 1 fully saturated rings. The summed E-state index contributed by atoms with van der Waals surface area (Å²) in [7, 11) is 0. The van der Waals surface area contributed by atoms with Crippen LogP contribution >= 0.6 is 11.6 Å². The van der Waals surface area contributed by atoms with Crippen molar-refractivity contribution in [3.05, 3.63) is 35.0 Å². The molecule has 1 aliphatic carbocycles. The first-order valence-corrected chi connectivity index (χ1v) is 8.32. The predicted molar refractivity (Wildman–Crippen MR) is 91.8 cm³/mol. The number of hydrogen-bond donors (Lipinski definition) is 4. The maximum absolute atomic E-state index is 12.0. The van der Waals surface area contributed by atoms with Gasteiger partial charge in [-0.1, -0.05) is 11.6 Å². The second-order valence-electron chi connectivity index (χ2n) is 6.48. The van der Waals surface area contributed by atoms with Crippen molar-refractivity contribution in [1.29, 1.82) is 0 Å². The maximum Gasteiger partial charge on any atom is 0.315 e. The number of nitrogens with one attached hydrogen (secondary N) is 3. The normalized spacial score (nSPS) is 17.0. The fraction of sp³-hybridized carbons (Fsp3) is 0.471. The van der Waals surface area contributed by atoms with Gasteiger partial charge in [0.1, 0.15) is 0 Å². The lowest BCUT2D eigenvalue weighted by atomic mass is 9.97. The Morgan fingerprint density at radius 3 is 2.96 bits per heavy atom. The highest BCUT2D eigenvalue weighted by Crippen LogP contribution is 2.39. The molecule has 6 heteroatoms. The Kier molecular flexibility index (Phi) is 4.50. The van der Waals surface area contributed by atoms with Crippen molar-refractivity contribution in [3.8, 4) is 0 Å². The molecule has 3 rings (SSSR count). The zero-order valence-corrected chi connectivity index (χ0v) is 13.9. The number of carbonyl (C=O) groups is 1. The monoisotopic (exact) mass is 335 g/mol. The van der Waals surface area contributed by atoms with Gasteiger partial charge in [0.15, 0.2) is 0 Å². The van der Waals surface area contributed by atoms with Crippen LogP contribution in [0.4, 0.5) is 4.79 Å². The van der Waals surface area contributed by atoms with Crippen molar-refractivity contribution >= 4 is 28.5 Å². The van der Waals surface area contributed by atoms with E-state index in [-0.39, 0.29) is 12.6 Å². The lowest BCUT2D eigenvalue weighted by Crippen LogP contribution is -2.54. The van der Waals surface area contributed by atoms with Crippen molar-refractivity contribution in [2.75, 3.05) is 13.2 Å². The van der Waals surface area contributed by atoms with Crippen molar-refractivity contribution in [1.82, 2.24) is 15.6 Å². The largest absolute Gasteiger partial charge is 0.394 e. The van der Waals surface area contributed by atoms with Gasteiger partial charge in [-0.3, -0.25) is 0 Å². The Hall–Kier alpha value is -1.72. The van der Waals surface area contributed by atoms with Crippen LogP contribution in [0.1, 0.15) is 25.3 Å². The average molecular weight is 336 g/mol. The minimum atomic E-state index is -0.515.